The summed E-state index contributed by atoms with van der Waals surface area (Å²) < 4.78 is 5.14. The second-order valence-corrected chi connectivity index (χ2v) is 4.24. The molecule has 2 N–H and O–H groups in total. The molecular weight excluding hydrogens is 234 g/mol. The number of ether oxygens (including phenoxy) is 1. The van der Waals surface area contributed by atoms with Crippen LogP contribution in [0.15, 0.2) is 12.7 Å². The summed E-state index contributed by atoms with van der Waals surface area (Å²) in [5.74, 6) is -1.31. The summed E-state index contributed by atoms with van der Waals surface area (Å²) >= 11 is 0. The number of rotatable bonds is 10. The van der Waals surface area contributed by atoms with Crippen molar-refractivity contribution in [2.75, 3.05) is 13.2 Å². The fourth-order valence-electron chi connectivity index (χ4n) is 1.43. The monoisotopic (exact) mass is 257 g/mol. The zero-order chi connectivity index (χ0) is 14.0. The van der Waals surface area contributed by atoms with Crippen LogP contribution in [-0.2, 0) is 14.3 Å². The Labute approximate surface area is 108 Å². The Morgan fingerprint density at radius 1 is 1.50 bits per heavy atom. The molecule has 5 nitrogen and oxygen atoms in total. The van der Waals surface area contributed by atoms with Crippen LogP contribution < -0.4 is 5.32 Å². The molecule has 0 bridgehead atoms. The zero-order valence-corrected chi connectivity index (χ0v) is 11.1. The summed E-state index contributed by atoms with van der Waals surface area (Å²) in [6.07, 6.45) is 3.20. The van der Waals surface area contributed by atoms with E-state index in [4.69, 9.17) is 9.84 Å². The molecule has 0 aliphatic rings. The molecule has 2 atom stereocenters. The molecule has 0 fully saturated rings. The van der Waals surface area contributed by atoms with Crippen molar-refractivity contribution in [3.05, 3.63) is 12.7 Å². The fourth-order valence-corrected chi connectivity index (χ4v) is 1.43. The van der Waals surface area contributed by atoms with E-state index >= 15 is 0 Å². The standard InChI is InChI=1S/C13H23NO4/c1-4-8-18-9-6-7-11(15)14-12(13(16)17)10(3)5-2/h4,10,12H,1,5-9H2,2-3H3,(H,14,15)(H,16,17)/t10-,12-/m0/s1. The molecule has 0 spiro atoms. The van der Waals surface area contributed by atoms with Gasteiger partial charge in [0.05, 0.1) is 6.61 Å². The molecule has 18 heavy (non-hydrogen) atoms. The van der Waals surface area contributed by atoms with Crippen LogP contribution >= 0.6 is 0 Å². The highest BCUT2D eigenvalue weighted by Gasteiger charge is 2.24. The van der Waals surface area contributed by atoms with Gasteiger partial charge in [-0.2, -0.15) is 0 Å². The maximum absolute atomic E-state index is 11.6. The predicted octanol–water partition coefficient (Wildman–Crippen LogP) is 1.58. The minimum Gasteiger partial charge on any atom is -0.480 e. The van der Waals surface area contributed by atoms with Gasteiger partial charge in [-0.15, -0.1) is 6.58 Å². The van der Waals surface area contributed by atoms with Gasteiger partial charge in [0.15, 0.2) is 0 Å². The molecule has 0 saturated carbocycles. The third-order valence-electron chi connectivity index (χ3n) is 2.72. The number of nitrogens with one attached hydrogen (secondary N) is 1. The molecule has 0 aromatic rings. The molecule has 0 aromatic heterocycles. The maximum Gasteiger partial charge on any atom is 0.326 e. The average molecular weight is 257 g/mol. The number of carboxylic acids is 1. The van der Waals surface area contributed by atoms with Crippen LogP contribution in [0.4, 0.5) is 0 Å². The van der Waals surface area contributed by atoms with Gasteiger partial charge < -0.3 is 15.2 Å². The molecule has 0 heterocycles. The Morgan fingerprint density at radius 3 is 2.67 bits per heavy atom. The zero-order valence-electron chi connectivity index (χ0n) is 11.1. The summed E-state index contributed by atoms with van der Waals surface area (Å²) in [4.78, 5) is 22.6. The lowest BCUT2D eigenvalue weighted by Crippen LogP contribution is -2.45. The summed E-state index contributed by atoms with van der Waals surface area (Å²) in [7, 11) is 0. The van der Waals surface area contributed by atoms with Crippen molar-refractivity contribution in [1.82, 2.24) is 5.32 Å². The lowest BCUT2D eigenvalue weighted by Gasteiger charge is -2.20. The molecule has 104 valence electrons. The summed E-state index contributed by atoms with van der Waals surface area (Å²) in [5.41, 5.74) is 0. The van der Waals surface area contributed by atoms with Gasteiger partial charge in [0.2, 0.25) is 5.91 Å². The smallest absolute Gasteiger partial charge is 0.326 e. The minimum absolute atomic E-state index is 0.0801. The Morgan fingerprint density at radius 2 is 2.17 bits per heavy atom. The molecule has 0 aromatic carbocycles. The van der Waals surface area contributed by atoms with E-state index in [1.807, 2.05) is 13.8 Å². The Balaban J connectivity index is 3.95. The normalized spacial score (nSPS) is 13.7. The van der Waals surface area contributed by atoms with Crippen molar-refractivity contribution in [3.63, 3.8) is 0 Å². The Kier molecular flexibility index (Phi) is 8.92. The fraction of sp³-hybridized carbons (Fsp3) is 0.692. The first-order chi connectivity index (χ1) is 8.52. The van der Waals surface area contributed by atoms with Crippen molar-refractivity contribution in [2.45, 2.75) is 39.2 Å². The van der Waals surface area contributed by atoms with Gasteiger partial charge in [-0.05, 0) is 12.3 Å². The maximum atomic E-state index is 11.6. The number of aliphatic carboxylic acids is 1. The molecule has 0 rings (SSSR count). The number of carbonyl (C=O) groups is 2. The molecular formula is C13H23NO4. The van der Waals surface area contributed by atoms with Gasteiger partial charge in [0.25, 0.3) is 0 Å². The van der Waals surface area contributed by atoms with Gasteiger partial charge in [0.1, 0.15) is 6.04 Å². The van der Waals surface area contributed by atoms with Crippen LogP contribution in [0.2, 0.25) is 0 Å². The first-order valence-electron chi connectivity index (χ1n) is 6.23. The second-order valence-electron chi connectivity index (χ2n) is 4.24. The van der Waals surface area contributed by atoms with Crippen LogP contribution in [0.5, 0.6) is 0 Å². The highest BCUT2D eigenvalue weighted by Crippen LogP contribution is 2.08. The molecule has 5 heteroatoms. The molecule has 0 saturated heterocycles. The highest BCUT2D eigenvalue weighted by molar-refractivity contribution is 5.83. The first kappa shape index (κ1) is 16.6. The summed E-state index contributed by atoms with van der Waals surface area (Å²) in [6, 6.07) is -0.809. The average Bonchev–Trinajstić information content (AvgIpc) is 2.34. The van der Waals surface area contributed by atoms with E-state index in [1.165, 1.54) is 0 Å². The number of carboxylic acid groups (broad SMARTS) is 1. The summed E-state index contributed by atoms with van der Waals surface area (Å²) in [6.45, 7) is 8.16. The lowest BCUT2D eigenvalue weighted by molar-refractivity contribution is -0.143. The van der Waals surface area contributed by atoms with Crippen molar-refractivity contribution in [3.8, 4) is 0 Å². The topological polar surface area (TPSA) is 75.6 Å². The van der Waals surface area contributed by atoms with Crippen molar-refractivity contribution in [1.29, 1.82) is 0 Å². The van der Waals surface area contributed by atoms with Crippen molar-refractivity contribution in [2.24, 2.45) is 5.92 Å². The summed E-state index contributed by atoms with van der Waals surface area (Å²) in [5, 5.41) is 11.6. The number of amides is 1. The van der Waals surface area contributed by atoms with E-state index in [1.54, 1.807) is 6.08 Å². The van der Waals surface area contributed by atoms with Crippen LogP contribution in [0, 0.1) is 5.92 Å². The van der Waals surface area contributed by atoms with Gasteiger partial charge >= 0.3 is 5.97 Å². The van der Waals surface area contributed by atoms with E-state index in [-0.39, 0.29) is 18.2 Å². The number of carbonyl (C=O) groups excluding carboxylic acids is 1. The van der Waals surface area contributed by atoms with Crippen LogP contribution in [0.25, 0.3) is 0 Å². The van der Waals surface area contributed by atoms with Crippen molar-refractivity contribution >= 4 is 11.9 Å². The quantitative estimate of drug-likeness (QED) is 0.460. The molecule has 0 aliphatic carbocycles. The highest BCUT2D eigenvalue weighted by atomic mass is 16.5. The molecule has 0 aliphatic heterocycles. The largest absolute Gasteiger partial charge is 0.480 e. The van der Waals surface area contributed by atoms with Crippen LogP contribution in [0.3, 0.4) is 0 Å². The van der Waals surface area contributed by atoms with E-state index in [0.717, 1.165) is 0 Å². The Hall–Kier alpha value is -1.36. The van der Waals surface area contributed by atoms with E-state index in [2.05, 4.69) is 11.9 Å². The molecule has 0 unspecified atom stereocenters. The second kappa shape index (κ2) is 9.65. The minimum atomic E-state index is -0.986. The van der Waals surface area contributed by atoms with E-state index in [9.17, 15) is 9.59 Å². The first-order valence-corrected chi connectivity index (χ1v) is 6.23. The predicted molar refractivity (Wildman–Crippen MR) is 69.3 cm³/mol. The molecule has 0 radical (unpaired) electrons. The number of hydrogen-bond donors (Lipinski definition) is 2. The van der Waals surface area contributed by atoms with E-state index < -0.39 is 12.0 Å². The van der Waals surface area contributed by atoms with Gasteiger partial charge in [-0.3, -0.25) is 4.79 Å². The van der Waals surface area contributed by atoms with Crippen LogP contribution in [0.1, 0.15) is 33.1 Å². The number of hydrogen-bond acceptors (Lipinski definition) is 3. The third kappa shape index (κ3) is 7.06. The van der Waals surface area contributed by atoms with Gasteiger partial charge in [-0.1, -0.05) is 26.3 Å². The van der Waals surface area contributed by atoms with Crippen molar-refractivity contribution < 1.29 is 19.4 Å². The van der Waals surface area contributed by atoms with Gasteiger partial charge in [0, 0.05) is 13.0 Å². The Bertz CT molecular complexity index is 278. The SMILES string of the molecule is C=CCOCCCC(=O)N[C@H](C(=O)O)[C@@H](C)CC. The third-order valence-corrected chi connectivity index (χ3v) is 2.72. The van der Waals surface area contributed by atoms with Crippen LogP contribution in [-0.4, -0.2) is 36.2 Å². The molecule has 1 amide bonds. The van der Waals surface area contributed by atoms with Gasteiger partial charge in [-0.25, -0.2) is 4.79 Å². The lowest BCUT2D eigenvalue weighted by atomic mass is 9.99. The van der Waals surface area contributed by atoms with E-state index in [0.29, 0.717) is 26.1 Å².